The largest absolute Gasteiger partial charge is 0.507 e. The highest BCUT2D eigenvalue weighted by Crippen LogP contribution is 2.28. The Morgan fingerprint density at radius 1 is 1.19 bits per heavy atom. The van der Waals surface area contributed by atoms with Crippen molar-refractivity contribution in [3.05, 3.63) is 59.3 Å². The number of methoxy groups -OCH3 is 1. The third-order valence-corrected chi connectivity index (χ3v) is 4.36. The fourth-order valence-corrected chi connectivity index (χ4v) is 3.07. The van der Waals surface area contributed by atoms with Crippen LogP contribution in [0.1, 0.15) is 21.5 Å². The van der Waals surface area contributed by atoms with Crippen LogP contribution in [0.25, 0.3) is 10.9 Å². The number of nitrogens with one attached hydrogen (secondary N) is 2. The summed E-state index contributed by atoms with van der Waals surface area (Å²) in [6.45, 7) is 1.68. The topological polar surface area (TPSA) is 112 Å². The molecule has 0 aliphatic carbocycles. The van der Waals surface area contributed by atoms with Crippen LogP contribution < -0.4 is 5.32 Å². The van der Waals surface area contributed by atoms with Crippen molar-refractivity contribution in [3.8, 4) is 11.5 Å². The zero-order valence-corrected chi connectivity index (χ0v) is 14.9. The van der Waals surface area contributed by atoms with Gasteiger partial charge in [-0.1, -0.05) is 18.2 Å². The number of phenols is 2. The molecule has 140 valence electrons. The first kappa shape index (κ1) is 18.3. The van der Waals surface area contributed by atoms with Crippen LogP contribution in [0.15, 0.2) is 42.6 Å². The molecule has 0 saturated heterocycles. The van der Waals surface area contributed by atoms with E-state index >= 15 is 0 Å². The number of rotatable bonds is 5. The van der Waals surface area contributed by atoms with Gasteiger partial charge < -0.3 is 25.3 Å². The van der Waals surface area contributed by atoms with Crippen LogP contribution in [0, 0.1) is 6.92 Å². The Hall–Kier alpha value is -3.48. The molecule has 7 heteroatoms. The first-order valence-corrected chi connectivity index (χ1v) is 8.37. The molecule has 0 aliphatic heterocycles. The summed E-state index contributed by atoms with van der Waals surface area (Å²) in [4.78, 5) is 27.9. The molecule has 0 aliphatic rings. The third kappa shape index (κ3) is 3.72. The molecule has 3 aromatic rings. The van der Waals surface area contributed by atoms with Gasteiger partial charge in [-0.3, -0.25) is 4.79 Å². The number of aromatic nitrogens is 1. The molecular weight excluding hydrogens is 348 g/mol. The Bertz CT molecular complexity index is 986. The Labute approximate surface area is 155 Å². The molecule has 7 nitrogen and oxygen atoms in total. The number of fused-ring (bicyclic) bond motifs is 1. The van der Waals surface area contributed by atoms with Crippen LogP contribution in [0.4, 0.5) is 0 Å². The van der Waals surface area contributed by atoms with Gasteiger partial charge >= 0.3 is 5.97 Å². The number of amides is 1. The Morgan fingerprint density at radius 3 is 2.52 bits per heavy atom. The molecule has 0 spiro atoms. The first-order chi connectivity index (χ1) is 12.9. The molecule has 1 amide bonds. The summed E-state index contributed by atoms with van der Waals surface area (Å²) in [6, 6.07) is 9.34. The minimum absolute atomic E-state index is 0.190. The van der Waals surface area contributed by atoms with Gasteiger partial charge in [0, 0.05) is 23.5 Å². The SMILES string of the molecule is COC(=O)[C@H](Cc1c[nH]c2ccccc12)NC(=O)c1c(O)cc(C)cc1O. The molecule has 0 unspecified atom stereocenters. The molecule has 0 fully saturated rings. The van der Waals surface area contributed by atoms with Crippen LogP contribution in [0.5, 0.6) is 11.5 Å². The Kier molecular flexibility index (Phi) is 5.03. The van der Waals surface area contributed by atoms with E-state index in [4.69, 9.17) is 4.74 Å². The maximum absolute atomic E-state index is 12.6. The van der Waals surface area contributed by atoms with E-state index in [0.29, 0.717) is 5.56 Å². The van der Waals surface area contributed by atoms with E-state index in [1.54, 1.807) is 13.1 Å². The van der Waals surface area contributed by atoms with Gasteiger partial charge in [0.05, 0.1) is 7.11 Å². The number of carbonyl (C=O) groups is 2. The number of esters is 1. The number of carbonyl (C=O) groups excluding carboxylic acids is 2. The highest BCUT2D eigenvalue weighted by Gasteiger charge is 2.26. The standard InChI is InChI=1S/C20H20N2O5/c1-11-7-16(23)18(17(24)8-11)19(25)22-15(20(26)27-2)9-12-10-21-14-6-4-3-5-13(12)14/h3-8,10,15,21,23-24H,9H2,1-2H3,(H,22,25)/t15-/m0/s1. The number of hydrogen-bond donors (Lipinski definition) is 4. The first-order valence-electron chi connectivity index (χ1n) is 8.37. The van der Waals surface area contributed by atoms with Gasteiger partial charge in [0.1, 0.15) is 23.1 Å². The van der Waals surface area contributed by atoms with Gasteiger partial charge in [-0.05, 0) is 36.2 Å². The van der Waals surface area contributed by atoms with Gasteiger partial charge in [0.2, 0.25) is 0 Å². The second-order valence-corrected chi connectivity index (χ2v) is 6.29. The van der Waals surface area contributed by atoms with Crippen LogP contribution in [0.2, 0.25) is 0 Å². The highest BCUT2D eigenvalue weighted by atomic mass is 16.5. The smallest absolute Gasteiger partial charge is 0.328 e. The second-order valence-electron chi connectivity index (χ2n) is 6.29. The van der Waals surface area contributed by atoms with Gasteiger partial charge in [-0.15, -0.1) is 0 Å². The van der Waals surface area contributed by atoms with Gasteiger partial charge in [-0.25, -0.2) is 4.79 Å². The summed E-state index contributed by atoms with van der Waals surface area (Å²) >= 11 is 0. The predicted octanol–water partition coefficient (Wildman–Crippen LogP) is 2.40. The van der Waals surface area contributed by atoms with E-state index in [2.05, 4.69) is 10.3 Å². The molecule has 0 radical (unpaired) electrons. The van der Waals surface area contributed by atoms with Crippen molar-refractivity contribution < 1.29 is 24.5 Å². The summed E-state index contributed by atoms with van der Waals surface area (Å²) in [7, 11) is 1.23. The average molecular weight is 368 g/mol. The maximum atomic E-state index is 12.6. The number of aryl methyl sites for hydroxylation is 1. The van der Waals surface area contributed by atoms with Crippen LogP contribution >= 0.6 is 0 Å². The van der Waals surface area contributed by atoms with Crippen LogP contribution in [-0.4, -0.2) is 40.2 Å². The minimum Gasteiger partial charge on any atom is -0.507 e. The van der Waals surface area contributed by atoms with Gasteiger partial charge in [0.15, 0.2) is 0 Å². The zero-order valence-electron chi connectivity index (χ0n) is 14.9. The van der Waals surface area contributed by atoms with Crippen molar-refractivity contribution in [1.29, 1.82) is 0 Å². The van der Waals surface area contributed by atoms with Gasteiger partial charge in [0.25, 0.3) is 5.91 Å². The zero-order chi connectivity index (χ0) is 19.6. The average Bonchev–Trinajstić information content (AvgIpc) is 3.02. The normalized spacial score (nSPS) is 11.9. The maximum Gasteiger partial charge on any atom is 0.328 e. The summed E-state index contributed by atoms with van der Waals surface area (Å²) < 4.78 is 4.80. The second kappa shape index (κ2) is 7.41. The number of benzene rings is 2. The van der Waals surface area contributed by atoms with E-state index in [-0.39, 0.29) is 23.5 Å². The molecule has 2 aromatic carbocycles. The van der Waals surface area contributed by atoms with Crippen LogP contribution in [0.3, 0.4) is 0 Å². The van der Waals surface area contributed by atoms with Crippen molar-refractivity contribution in [3.63, 3.8) is 0 Å². The molecule has 4 N–H and O–H groups in total. The van der Waals surface area contributed by atoms with Crippen molar-refractivity contribution >= 4 is 22.8 Å². The molecule has 0 saturated carbocycles. The lowest BCUT2D eigenvalue weighted by Gasteiger charge is -2.17. The Balaban J connectivity index is 1.88. The quantitative estimate of drug-likeness (QED) is 0.517. The van der Waals surface area contributed by atoms with Crippen molar-refractivity contribution in [1.82, 2.24) is 10.3 Å². The van der Waals surface area contributed by atoms with E-state index in [1.165, 1.54) is 19.2 Å². The number of aromatic amines is 1. The van der Waals surface area contributed by atoms with E-state index < -0.39 is 17.9 Å². The molecule has 3 rings (SSSR count). The predicted molar refractivity (Wildman–Crippen MR) is 99.8 cm³/mol. The molecule has 1 atom stereocenters. The summed E-state index contributed by atoms with van der Waals surface area (Å²) in [5.41, 5.74) is 2.06. The summed E-state index contributed by atoms with van der Waals surface area (Å²) in [5.74, 6) is -2.11. The number of para-hydroxylation sites is 1. The lowest BCUT2D eigenvalue weighted by atomic mass is 10.0. The number of hydrogen-bond acceptors (Lipinski definition) is 5. The lowest BCUT2D eigenvalue weighted by molar-refractivity contribution is -0.142. The number of aromatic hydroxyl groups is 2. The summed E-state index contributed by atoms with van der Waals surface area (Å²) in [6.07, 6.45) is 1.96. The molecule has 1 heterocycles. The minimum atomic E-state index is -0.984. The van der Waals surface area contributed by atoms with Crippen molar-refractivity contribution in [2.75, 3.05) is 7.11 Å². The lowest BCUT2D eigenvalue weighted by Crippen LogP contribution is -2.43. The molecular formula is C20H20N2O5. The van der Waals surface area contributed by atoms with Crippen LogP contribution in [-0.2, 0) is 16.0 Å². The highest BCUT2D eigenvalue weighted by molar-refractivity contribution is 6.01. The summed E-state index contributed by atoms with van der Waals surface area (Å²) in [5, 5.41) is 23.5. The van der Waals surface area contributed by atoms with E-state index in [9.17, 15) is 19.8 Å². The number of ether oxygens (including phenoxy) is 1. The fourth-order valence-electron chi connectivity index (χ4n) is 3.07. The number of H-pyrrole nitrogens is 1. The monoisotopic (exact) mass is 368 g/mol. The molecule has 0 bridgehead atoms. The van der Waals surface area contributed by atoms with E-state index in [1.807, 2.05) is 24.3 Å². The van der Waals surface area contributed by atoms with E-state index in [0.717, 1.165) is 16.5 Å². The fraction of sp³-hybridized carbons (Fsp3) is 0.200. The number of phenolic OH excluding ortho intramolecular Hbond substituents is 2. The molecule has 27 heavy (non-hydrogen) atoms. The van der Waals surface area contributed by atoms with Crippen molar-refractivity contribution in [2.24, 2.45) is 0 Å². The molecule has 1 aromatic heterocycles. The Morgan fingerprint density at radius 2 is 1.85 bits per heavy atom. The third-order valence-electron chi connectivity index (χ3n) is 4.36. The van der Waals surface area contributed by atoms with Gasteiger partial charge in [-0.2, -0.15) is 0 Å². The van der Waals surface area contributed by atoms with Crippen molar-refractivity contribution in [2.45, 2.75) is 19.4 Å².